The van der Waals surface area contributed by atoms with Gasteiger partial charge >= 0.3 is 12.1 Å². The molecular weight excluding hydrogens is 356 g/mol. The Morgan fingerprint density at radius 1 is 1.18 bits per heavy atom. The molecular formula is C22H30N2O4. The maximum atomic E-state index is 12.2. The molecule has 0 saturated carbocycles. The van der Waals surface area contributed by atoms with Crippen LogP contribution in [0.3, 0.4) is 0 Å². The normalized spacial score (nSPS) is 17.5. The average molecular weight is 386 g/mol. The lowest BCUT2D eigenvalue weighted by Crippen LogP contribution is -2.41. The van der Waals surface area contributed by atoms with Crippen LogP contribution in [0, 0.1) is 11.3 Å². The van der Waals surface area contributed by atoms with Gasteiger partial charge in [0.1, 0.15) is 5.60 Å². The summed E-state index contributed by atoms with van der Waals surface area (Å²) >= 11 is 0. The number of carbonyl (C=O) groups is 2. The lowest BCUT2D eigenvalue weighted by molar-refractivity contribution is -0.137. The van der Waals surface area contributed by atoms with Crippen molar-refractivity contribution in [2.24, 2.45) is 0 Å². The quantitative estimate of drug-likeness (QED) is 0.807. The Bertz CT molecular complexity index is 737. The molecule has 1 heterocycles. The molecule has 1 aliphatic rings. The zero-order chi connectivity index (χ0) is 20.9. The van der Waals surface area contributed by atoms with Gasteiger partial charge in [0.2, 0.25) is 0 Å². The monoisotopic (exact) mass is 386 g/mol. The second-order valence-corrected chi connectivity index (χ2v) is 8.70. The number of piperidine rings is 1. The smallest absolute Gasteiger partial charge is 0.410 e. The minimum absolute atomic E-state index is 0.0328. The van der Waals surface area contributed by atoms with E-state index in [-0.39, 0.29) is 18.9 Å². The minimum Gasteiger partial charge on any atom is -0.481 e. The number of hydrogen-bond donors (Lipinski definition) is 1. The van der Waals surface area contributed by atoms with E-state index in [1.54, 1.807) is 11.8 Å². The van der Waals surface area contributed by atoms with Gasteiger partial charge in [-0.25, -0.2) is 4.79 Å². The van der Waals surface area contributed by atoms with Gasteiger partial charge in [-0.1, -0.05) is 24.3 Å². The first kappa shape index (κ1) is 21.7. The van der Waals surface area contributed by atoms with Crippen LogP contribution in [-0.4, -0.2) is 40.8 Å². The Balaban J connectivity index is 1.98. The third-order valence-corrected chi connectivity index (χ3v) is 5.25. The SMILES string of the molecule is CC(C)(C)OC(=O)N1CCC(c2ccc(C(C)(C#N)CCC(=O)O)cc2)CC1. The summed E-state index contributed by atoms with van der Waals surface area (Å²) in [6.07, 6.45) is 1.73. The van der Waals surface area contributed by atoms with Crippen LogP contribution in [0.2, 0.25) is 0 Å². The Kier molecular flexibility index (Phi) is 6.71. The zero-order valence-electron chi connectivity index (χ0n) is 17.2. The topological polar surface area (TPSA) is 90.6 Å². The molecule has 1 N–H and O–H groups in total. The van der Waals surface area contributed by atoms with Crippen molar-refractivity contribution < 1.29 is 19.4 Å². The molecule has 1 unspecified atom stereocenters. The molecule has 0 radical (unpaired) electrons. The molecule has 2 rings (SSSR count). The summed E-state index contributed by atoms with van der Waals surface area (Å²) in [7, 11) is 0. The number of nitriles is 1. The number of hydrogen-bond acceptors (Lipinski definition) is 4. The Morgan fingerprint density at radius 3 is 2.21 bits per heavy atom. The fraction of sp³-hybridized carbons (Fsp3) is 0.591. The van der Waals surface area contributed by atoms with Crippen molar-refractivity contribution in [2.45, 2.75) is 70.3 Å². The van der Waals surface area contributed by atoms with E-state index in [1.165, 1.54) is 5.56 Å². The molecule has 0 aliphatic carbocycles. The zero-order valence-corrected chi connectivity index (χ0v) is 17.2. The van der Waals surface area contributed by atoms with Gasteiger partial charge in [0.15, 0.2) is 0 Å². The molecule has 0 aromatic heterocycles. The van der Waals surface area contributed by atoms with Gasteiger partial charge in [0, 0.05) is 19.5 Å². The van der Waals surface area contributed by atoms with E-state index in [0.29, 0.717) is 19.0 Å². The summed E-state index contributed by atoms with van der Waals surface area (Å²) in [5.41, 5.74) is 0.728. The summed E-state index contributed by atoms with van der Waals surface area (Å²) < 4.78 is 5.44. The number of carboxylic acid groups (broad SMARTS) is 1. The van der Waals surface area contributed by atoms with Crippen molar-refractivity contribution in [3.8, 4) is 6.07 Å². The summed E-state index contributed by atoms with van der Waals surface area (Å²) in [4.78, 5) is 24.8. The van der Waals surface area contributed by atoms with Gasteiger partial charge < -0.3 is 14.7 Å². The third-order valence-electron chi connectivity index (χ3n) is 5.25. The van der Waals surface area contributed by atoms with Gasteiger partial charge in [0.25, 0.3) is 0 Å². The maximum absolute atomic E-state index is 12.2. The first-order chi connectivity index (χ1) is 13.0. The largest absolute Gasteiger partial charge is 0.481 e. The predicted molar refractivity (Wildman–Crippen MR) is 106 cm³/mol. The van der Waals surface area contributed by atoms with Crippen LogP contribution >= 0.6 is 0 Å². The number of nitrogens with zero attached hydrogens (tertiary/aromatic N) is 2. The van der Waals surface area contributed by atoms with E-state index >= 15 is 0 Å². The number of carbonyl (C=O) groups excluding carboxylic acids is 1. The fourth-order valence-corrected chi connectivity index (χ4v) is 3.47. The molecule has 1 atom stereocenters. The second kappa shape index (κ2) is 8.64. The molecule has 0 bridgehead atoms. The number of amides is 1. The number of likely N-dealkylation sites (tertiary alicyclic amines) is 1. The van der Waals surface area contributed by atoms with Gasteiger partial charge in [-0.2, -0.15) is 5.26 Å². The third kappa shape index (κ3) is 5.72. The van der Waals surface area contributed by atoms with E-state index in [9.17, 15) is 14.9 Å². The minimum atomic E-state index is -0.894. The lowest BCUT2D eigenvalue weighted by atomic mass is 9.79. The number of aliphatic carboxylic acids is 1. The number of benzene rings is 1. The molecule has 152 valence electrons. The van der Waals surface area contributed by atoms with Crippen LogP contribution < -0.4 is 0 Å². The molecule has 6 nitrogen and oxygen atoms in total. The summed E-state index contributed by atoms with van der Waals surface area (Å²) in [5.74, 6) is -0.532. The molecule has 1 aromatic rings. The van der Waals surface area contributed by atoms with E-state index in [0.717, 1.165) is 18.4 Å². The molecule has 28 heavy (non-hydrogen) atoms. The van der Waals surface area contributed by atoms with Crippen molar-refractivity contribution in [1.29, 1.82) is 5.26 Å². The average Bonchev–Trinajstić information content (AvgIpc) is 2.65. The van der Waals surface area contributed by atoms with E-state index in [1.807, 2.05) is 45.0 Å². The van der Waals surface area contributed by atoms with Crippen molar-refractivity contribution >= 4 is 12.1 Å². The van der Waals surface area contributed by atoms with Crippen LogP contribution in [-0.2, 0) is 14.9 Å². The Labute approximate surface area is 167 Å². The highest BCUT2D eigenvalue weighted by atomic mass is 16.6. The van der Waals surface area contributed by atoms with E-state index < -0.39 is 17.0 Å². The molecule has 1 aliphatic heterocycles. The number of ether oxygens (including phenoxy) is 1. The second-order valence-electron chi connectivity index (χ2n) is 8.70. The standard InChI is InChI=1S/C22H30N2O4/c1-21(2,3)28-20(27)24-13-10-17(11-14-24)16-5-7-18(8-6-16)22(4,15-23)12-9-19(25)26/h5-8,17H,9-14H2,1-4H3,(H,25,26). The highest BCUT2D eigenvalue weighted by molar-refractivity contribution is 5.68. The van der Waals surface area contributed by atoms with Crippen LogP contribution in [0.4, 0.5) is 4.79 Å². The Hall–Kier alpha value is -2.55. The summed E-state index contributed by atoms with van der Waals surface area (Å²) in [6, 6.07) is 10.2. The lowest BCUT2D eigenvalue weighted by Gasteiger charge is -2.33. The summed E-state index contributed by atoms with van der Waals surface area (Å²) in [6.45, 7) is 8.70. The van der Waals surface area contributed by atoms with Crippen LogP contribution in [0.5, 0.6) is 0 Å². The first-order valence-electron chi connectivity index (χ1n) is 9.75. The molecule has 6 heteroatoms. The summed E-state index contributed by atoms with van der Waals surface area (Å²) in [5, 5.41) is 18.4. The molecule has 1 fully saturated rings. The molecule has 1 saturated heterocycles. The van der Waals surface area contributed by atoms with Crippen molar-refractivity contribution in [3.63, 3.8) is 0 Å². The van der Waals surface area contributed by atoms with Gasteiger partial charge in [0.05, 0.1) is 11.5 Å². The van der Waals surface area contributed by atoms with Crippen molar-refractivity contribution in [1.82, 2.24) is 4.90 Å². The van der Waals surface area contributed by atoms with Crippen LogP contribution in [0.1, 0.15) is 70.4 Å². The number of carboxylic acids is 1. The van der Waals surface area contributed by atoms with Gasteiger partial charge in [-0.15, -0.1) is 0 Å². The molecule has 0 spiro atoms. The highest BCUT2D eigenvalue weighted by Gasteiger charge is 2.29. The van der Waals surface area contributed by atoms with Crippen LogP contribution in [0.15, 0.2) is 24.3 Å². The van der Waals surface area contributed by atoms with Gasteiger partial charge in [-0.05, 0) is 64.0 Å². The Morgan fingerprint density at radius 2 is 1.75 bits per heavy atom. The van der Waals surface area contributed by atoms with E-state index in [2.05, 4.69) is 6.07 Å². The predicted octanol–water partition coefficient (Wildman–Crippen LogP) is 4.45. The number of rotatable bonds is 5. The van der Waals surface area contributed by atoms with E-state index in [4.69, 9.17) is 9.84 Å². The maximum Gasteiger partial charge on any atom is 0.410 e. The molecule has 1 amide bonds. The van der Waals surface area contributed by atoms with Crippen LogP contribution in [0.25, 0.3) is 0 Å². The van der Waals surface area contributed by atoms with Crippen molar-refractivity contribution in [2.75, 3.05) is 13.1 Å². The molecule has 1 aromatic carbocycles. The van der Waals surface area contributed by atoms with Gasteiger partial charge in [-0.3, -0.25) is 4.79 Å². The van der Waals surface area contributed by atoms with Crippen molar-refractivity contribution in [3.05, 3.63) is 35.4 Å². The fourth-order valence-electron chi connectivity index (χ4n) is 3.47. The first-order valence-corrected chi connectivity index (χ1v) is 9.75. The highest BCUT2D eigenvalue weighted by Crippen LogP contribution is 2.33.